The van der Waals surface area contributed by atoms with Crippen LogP contribution in [0.2, 0.25) is 0 Å². The van der Waals surface area contributed by atoms with Crippen molar-refractivity contribution in [3.05, 3.63) is 125 Å². The summed E-state index contributed by atoms with van der Waals surface area (Å²) in [7, 11) is 0. The van der Waals surface area contributed by atoms with Gasteiger partial charge in [-0.2, -0.15) is 0 Å². The fourth-order valence-electron chi connectivity index (χ4n) is 4.46. The minimum absolute atomic E-state index is 0.237. The number of aromatic nitrogens is 6. The number of aromatic amines is 2. The summed E-state index contributed by atoms with van der Waals surface area (Å²) >= 11 is 0. The van der Waals surface area contributed by atoms with E-state index >= 15 is 0 Å². The van der Waals surface area contributed by atoms with Crippen molar-refractivity contribution in [2.75, 3.05) is 5.32 Å². The van der Waals surface area contributed by atoms with Crippen LogP contribution in [0.5, 0.6) is 0 Å². The first kappa shape index (κ1) is 21.5. The number of rotatable bonds is 6. The molecular formula is C28H23N7O. The SMILES string of the molecule is Cc1cc(-n2ccnc2)cc2[nH]c(-c3c(NC(c4ccccc4)c4ccccn4)cc[nH]c3=O)nc12. The third kappa shape index (κ3) is 3.94. The average molecular weight is 474 g/mol. The standard InChI is InChI=1S/C28H23N7O/c1-18-15-20(35-14-13-29-17-35)16-23-25(18)34-27(33-23)24-21(10-12-31-28(24)36)32-26(19-7-3-2-4-8-19)22-9-5-6-11-30-22/h2-17,26H,1H3,(H,33,34)(H2,31,32,36). The van der Waals surface area contributed by atoms with Crippen LogP contribution in [0.15, 0.2) is 103 Å². The minimum atomic E-state index is -0.257. The molecule has 0 saturated heterocycles. The minimum Gasteiger partial charge on any atom is -0.372 e. The predicted molar refractivity (Wildman–Crippen MR) is 140 cm³/mol. The van der Waals surface area contributed by atoms with Crippen LogP contribution in [0.3, 0.4) is 0 Å². The van der Waals surface area contributed by atoms with Gasteiger partial charge >= 0.3 is 0 Å². The second-order valence-corrected chi connectivity index (χ2v) is 8.55. The molecule has 6 aromatic rings. The molecule has 0 bridgehead atoms. The third-order valence-electron chi connectivity index (χ3n) is 6.18. The molecular weight excluding hydrogens is 450 g/mol. The number of hydrogen-bond acceptors (Lipinski definition) is 5. The van der Waals surface area contributed by atoms with E-state index in [1.165, 1.54) is 0 Å². The van der Waals surface area contributed by atoms with Gasteiger partial charge in [0.2, 0.25) is 0 Å². The number of pyridine rings is 2. The lowest BCUT2D eigenvalue weighted by molar-refractivity contribution is 0.886. The van der Waals surface area contributed by atoms with Gasteiger partial charge in [0.15, 0.2) is 0 Å². The van der Waals surface area contributed by atoms with E-state index in [1.807, 2.05) is 78.4 Å². The zero-order valence-electron chi connectivity index (χ0n) is 19.5. The number of fused-ring (bicyclic) bond motifs is 1. The van der Waals surface area contributed by atoms with Crippen LogP contribution < -0.4 is 10.9 Å². The highest BCUT2D eigenvalue weighted by atomic mass is 16.1. The first-order valence-corrected chi connectivity index (χ1v) is 11.6. The van der Waals surface area contributed by atoms with Crippen molar-refractivity contribution in [2.24, 2.45) is 0 Å². The third-order valence-corrected chi connectivity index (χ3v) is 6.18. The van der Waals surface area contributed by atoms with E-state index in [-0.39, 0.29) is 11.6 Å². The molecule has 3 N–H and O–H groups in total. The normalized spacial score (nSPS) is 12.0. The Labute approximate surface area is 206 Å². The number of aryl methyl sites for hydroxylation is 1. The Bertz CT molecular complexity index is 1650. The van der Waals surface area contributed by atoms with Crippen LogP contribution in [-0.4, -0.2) is 29.5 Å². The first-order valence-electron chi connectivity index (χ1n) is 11.6. The Morgan fingerprint density at radius 1 is 1.00 bits per heavy atom. The maximum Gasteiger partial charge on any atom is 0.261 e. The smallest absolute Gasteiger partial charge is 0.261 e. The maximum atomic E-state index is 13.1. The van der Waals surface area contributed by atoms with Crippen LogP contribution in [0, 0.1) is 6.92 Å². The quantitative estimate of drug-likeness (QED) is 0.315. The van der Waals surface area contributed by atoms with Gasteiger partial charge in [0.05, 0.1) is 34.8 Å². The summed E-state index contributed by atoms with van der Waals surface area (Å²) in [6.07, 6.45) is 8.79. The van der Waals surface area contributed by atoms with Gasteiger partial charge in [-0.3, -0.25) is 9.78 Å². The molecule has 8 heteroatoms. The molecule has 6 rings (SSSR count). The van der Waals surface area contributed by atoms with Crippen LogP contribution in [0.1, 0.15) is 22.9 Å². The Morgan fingerprint density at radius 2 is 1.86 bits per heavy atom. The number of nitrogens with zero attached hydrogens (tertiary/aromatic N) is 4. The van der Waals surface area contributed by atoms with Gasteiger partial charge in [-0.25, -0.2) is 9.97 Å². The number of imidazole rings is 2. The molecule has 0 saturated carbocycles. The molecule has 0 aliphatic heterocycles. The zero-order valence-corrected chi connectivity index (χ0v) is 19.5. The van der Waals surface area contributed by atoms with E-state index in [4.69, 9.17) is 4.98 Å². The Balaban J connectivity index is 1.46. The van der Waals surface area contributed by atoms with Gasteiger partial charge in [0.1, 0.15) is 11.4 Å². The van der Waals surface area contributed by atoms with Crippen molar-refractivity contribution >= 4 is 16.7 Å². The highest BCUT2D eigenvalue weighted by Crippen LogP contribution is 2.31. The van der Waals surface area contributed by atoms with Crippen LogP contribution in [0.4, 0.5) is 5.69 Å². The van der Waals surface area contributed by atoms with Gasteiger partial charge < -0.3 is 19.9 Å². The number of benzene rings is 2. The Kier molecular flexibility index (Phi) is 5.38. The number of nitrogens with one attached hydrogen (secondary N) is 3. The largest absolute Gasteiger partial charge is 0.372 e. The lowest BCUT2D eigenvalue weighted by Gasteiger charge is -2.21. The first-order chi connectivity index (χ1) is 17.7. The Morgan fingerprint density at radius 3 is 2.64 bits per heavy atom. The van der Waals surface area contributed by atoms with Crippen LogP contribution in [0.25, 0.3) is 28.1 Å². The van der Waals surface area contributed by atoms with Gasteiger partial charge in [-0.05, 0) is 48.4 Å². The van der Waals surface area contributed by atoms with E-state index in [0.29, 0.717) is 17.1 Å². The van der Waals surface area contributed by atoms with E-state index in [1.54, 1.807) is 24.9 Å². The van der Waals surface area contributed by atoms with E-state index < -0.39 is 0 Å². The van der Waals surface area contributed by atoms with E-state index in [9.17, 15) is 4.79 Å². The Hall–Kier alpha value is -4.98. The molecule has 1 unspecified atom stereocenters. The van der Waals surface area contributed by atoms with Crippen molar-refractivity contribution < 1.29 is 0 Å². The molecule has 0 radical (unpaired) electrons. The molecule has 0 aliphatic rings. The summed E-state index contributed by atoms with van der Waals surface area (Å²) in [5.41, 5.74) is 6.36. The molecule has 4 aromatic heterocycles. The molecule has 0 fully saturated rings. The van der Waals surface area contributed by atoms with Crippen LogP contribution in [-0.2, 0) is 0 Å². The van der Waals surface area contributed by atoms with Gasteiger partial charge in [-0.1, -0.05) is 36.4 Å². The van der Waals surface area contributed by atoms with Gasteiger partial charge in [0, 0.05) is 30.5 Å². The predicted octanol–water partition coefficient (Wildman–Crippen LogP) is 5.01. The van der Waals surface area contributed by atoms with Crippen molar-refractivity contribution in [2.45, 2.75) is 13.0 Å². The lowest BCUT2D eigenvalue weighted by atomic mass is 10.0. The molecule has 2 aromatic carbocycles. The molecule has 8 nitrogen and oxygen atoms in total. The summed E-state index contributed by atoms with van der Waals surface area (Å²) < 4.78 is 1.94. The molecule has 176 valence electrons. The summed E-state index contributed by atoms with van der Waals surface area (Å²) in [5.74, 6) is 0.494. The highest BCUT2D eigenvalue weighted by molar-refractivity contribution is 5.86. The fourth-order valence-corrected chi connectivity index (χ4v) is 4.46. The van der Waals surface area contributed by atoms with Gasteiger partial charge in [-0.15, -0.1) is 0 Å². The number of anilines is 1. The maximum absolute atomic E-state index is 13.1. The van der Waals surface area contributed by atoms with Crippen LogP contribution >= 0.6 is 0 Å². The summed E-state index contributed by atoms with van der Waals surface area (Å²) in [6, 6.07) is 21.5. The average Bonchev–Trinajstić information content (AvgIpc) is 3.59. The summed E-state index contributed by atoms with van der Waals surface area (Å²) in [5, 5.41) is 3.56. The zero-order chi connectivity index (χ0) is 24.5. The van der Waals surface area contributed by atoms with E-state index in [0.717, 1.165) is 33.5 Å². The second kappa shape index (κ2) is 8.99. The molecule has 36 heavy (non-hydrogen) atoms. The highest BCUT2D eigenvalue weighted by Gasteiger charge is 2.21. The van der Waals surface area contributed by atoms with Crippen molar-refractivity contribution in [1.82, 2.24) is 29.5 Å². The van der Waals surface area contributed by atoms with Crippen molar-refractivity contribution in [3.8, 4) is 17.1 Å². The second-order valence-electron chi connectivity index (χ2n) is 8.55. The molecule has 4 heterocycles. The lowest BCUT2D eigenvalue weighted by Crippen LogP contribution is -2.18. The fraction of sp³-hybridized carbons (Fsp3) is 0.0714. The summed E-state index contributed by atoms with van der Waals surface area (Å²) in [6.45, 7) is 2.01. The topological polar surface area (TPSA) is 104 Å². The van der Waals surface area contributed by atoms with Gasteiger partial charge in [0.25, 0.3) is 5.56 Å². The number of H-pyrrole nitrogens is 2. The molecule has 0 spiro atoms. The monoisotopic (exact) mass is 473 g/mol. The molecule has 0 aliphatic carbocycles. The molecule has 0 amide bonds. The molecule has 1 atom stereocenters. The van der Waals surface area contributed by atoms with Crippen molar-refractivity contribution in [3.63, 3.8) is 0 Å². The number of hydrogen-bond donors (Lipinski definition) is 3. The van der Waals surface area contributed by atoms with Crippen molar-refractivity contribution in [1.29, 1.82) is 0 Å². The summed E-state index contributed by atoms with van der Waals surface area (Å²) in [4.78, 5) is 32.8. The van der Waals surface area contributed by atoms with E-state index in [2.05, 4.69) is 31.3 Å².